The third-order valence-electron chi connectivity index (χ3n) is 6.89. The first kappa shape index (κ1) is 22.1. The number of anilines is 2. The molecule has 0 radical (unpaired) electrons. The molecule has 6 rings (SSSR count). The van der Waals surface area contributed by atoms with Crippen molar-refractivity contribution in [2.45, 2.75) is 0 Å². The molecule has 180 valence electrons. The summed E-state index contributed by atoms with van der Waals surface area (Å²) in [4.78, 5) is 28.0. The molecule has 1 aromatic heterocycles. The van der Waals surface area contributed by atoms with Crippen molar-refractivity contribution >= 4 is 17.4 Å². The van der Waals surface area contributed by atoms with E-state index in [0.29, 0.717) is 40.0 Å². The van der Waals surface area contributed by atoms with E-state index in [-0.39, 0.29) is 5.78 Å². The average Bonchev–Trinajstić information content (AvgIpc) is 3.24. The van der Waals surface area contributed by atoms with E-state index >= 15 is 0 Å². The van der Waals surface area contributed by atoms with E-state index in [9.17, 15) is 4.79 Å². The van der Waals surface area contributed by atoms with Gasteiger partial charge in [-0.25, -0.2) is 9.97 Å². The summed E-state index contributed by atoms with van der Waals surface area (Å²) in [5.41, 5.74) is 5.36. The SMILES string of the molecule is COc1ccc(-c2nc(N3CCN(c4ccccc4)CC3)nc3c2C(=O)c2ccccc2-3)cc1OC. The van der Waals surface area contributed by atoms with Crippen LogP contribution in [0.5, 0.6) is 11.5 Å². The van der Waals surface area contributed by atoms with E-state index in [2.05, 4.69) is 34.1 Å². The quantitative estimate of drug-likeness (QED) is 0.363. The molecule has 2 heterocycles. The van der Waals surface area contributed by atoms with Crippen molar-refractivity contribution in [3.8, 4) is 34.0 Å². The lowest BCUT2D eigenvalue weighted by molar-refractivity contribution is 0.104. The lowest BCUT2D eigenvalue weighted by atomic mass is 10.0. The minimum atomic E-state index is -0.0502. The van der Waals surface area contributed by atoms with Crippen LogP contribution in [0.3, 0.4) is 0 Å². The fourth-order valence-electron chi connectivity index (χ4n) is 5.02. The Morgan fingerprint density at radius 1 is 0.694 bits per heavy atom. The molecule has 0 N–H and O–H groups in total. The Balaban J connectivity index is 1.43. The number of ether oxygens (including phenoxy) is 2. The highest BCUT2D eigenvalue weighted by Crippen LogP contribution is 2.42. The molecule has 1 saturated heterocycles. The van der Waals surface area contributed by atoms with Crippen molar-refractivity contribution in [1.29, 1.82) is 0 Å². The normalized spacial score (nSPS) is 14.4. The van der Waals surface area contributed by atoms with Gasteiger partial charge in [0.15, 0.2) is 17.3 Å². The summed E-state index contributed by atoms with van der Waals surface area (Å²) in [7, 11) is 3.21. The van der Waals surface area contributed by atoms with Crippen molar-refractivity contribution in [2.24, 2.45) is 0 Å². The topological polar surface area (TPSA) is 67.8 Å². The zero-order chi connectivity index (χ0) is 24.6. The molecule has 7 nitrogen and oxygen atoms in total. The van der Waals surface area contributed by atoms with E-state index in [1.165, 1.54) is 5.69 Å². The van der Waals surface area contributed by atoms with Gasteiger partial charge in [-0.15, -0.1) is 0 Å². The van der Waals surface area contributed by atoms with Crippen LogP contribution in [0.4, 0.5) is 11.6 Å². The first-order valence-corrected chi connectivity index (χ1v) is 12.0. The number of piperazine rings is 1. The molecule has 4 aromatic rings. The number of ketones is 1. The maximum atomic E-state index is 13.5. The summed E-state index contributed by atoms with van der Waals surface area (Å²) in [5.74, 6) is 1.80. The van der Waals surface area contributed by atoms with Gasteiger partial charge < -0.3 is 19.3 Å². The molecule has 0 saturated carbocycles. The van der Waals surface area contributed by atoms with Crippen molar-refractivity contribution in [1.82, 2.24) is 9.97 Å². The molecule has 7 heteroatoms. The van der Waals surface area contributed by atoms with Gasteiger partial charge >= 0.3 is 0 Å². The van der Waals surface area contributed by atoms with Crippen LogP contribution in [0.1, 0.15) is 15.9 Å². The Labute approximate surface area is 209 Å². The summed E-state index contributed by atoms with van der Waals surface area (Å²) in [5, 5.41) is 0. The van der Waals surface area contributed by atoms with Gasteiger partial charge in [0.05, 0.1) is 31.2 Å². The summed E-state index contributed by atoms with van der Waals surface area (Å²) in [6.07, 6.45) is 0. The largest absolute Gasteiger partial charge is 0.493 e. The molecular formula is C29H26N4O3. The molecular weight excluding hydrogens is 452 g/mol. The Morgan fingerprint density at radius 2 is 1.33 bits per heavy atom. The lowest BCUT2D eigenvalue weighted by Crippen LogP contribution is -2.47. The third kappa shape index (κ3) is 3.64. The van der Waals surface area contributed by atoms with Crippen LogP contribution in [0.25, 0.3) is 22.5 Å². The lowest BCUT2D eigenvalue weighted by Gasteiger charge is -2.36. The molecule has 0 bridgehead atoms. The molecule has 3 aromatic carbocycles. The summed E-state index contributed by atoms with van der Waals surface area (Å²) in [6, 6.07) is 23.7. The van der Waals surface area contributed by atoms with Gasteiger partial charge in [-0.1, -0.05) is 42.5 Å². The van der Waals surface area contributed by atoms with Crippen LogP contribution in [-0.4, -0.2) is 56.1 Å². The van der Waals surface area contributed by atoms with E-state index in [4.69, 9.17) is 19.4 Å². The van der Waals surface area contributed by atoms with Crippen molar-refractivity contribution < 1.29 is 14.3 Å². The van der Waals surface area contributed by atoms with E-state index in [0.717, 1.165) is 37.3 Å². The van der Waals surface area contributed by atoms with Gasteiger partial charge in [0.1, 0.15) is 0 Å². The molecule has 0 spiro atoms. The highest BCUT2D eigenvalue weighted by atomic mass is 16.5. The second-order valence-corrected chi connectivity index (χ2v) is 8.85. The van der Waals surface area contributed by atoms with E-state index in [1.54, 1.807) is 14.2 Å². The van der Waals surface area contributed by atoms with Gasteiger partial charge in [0.25, 0.3) is 0 Å². The first-order chi connectivity index (χ1) is 17.7. The predicted molar refractivity (Wildman–Crippen MR) is 140 cm³/mol. The van der Waals surface area contributed by atoms with Crippen LogP contribution < -0.4 is 19.3 Å². The van der Waals surface area contributed by atoms with Crippen molar-refractivity contribution in [2.75, 3.05) is 50.2 Å². The number of hydrogen-bond donors (Lipinski definition) is 0. The second-order valence-electron chi connectivity index (χ2n) is 8.85. The zero-order valence-corrected chi connectivity index (χ0v) is 20.3. The standard InChI is InChI=1S/C29H26N4O3/c1-35-23-13-12-19(18-24(23)36-2)26-25-27(21-10-6-7-11-22(21)28(25)34)31-29(30-26)33-16-14-32(15-17-33)20-8-4-3-5-9-20/h3-13,18H,14-17H2,1-2H3. The van der Waals surface area contributed by atoms with Crippen molar-refractivity contribution in [3.63, 3.8) is 0 Å². The number of carbonyl (C=O) groups is 1. The Kier molecular flexibility index (Phi) is 5.52. The van der Waals surface area contributed by atoms with Gasteiger partial charge in [0.2, 0.25) is 5.95 Å². The molecule has 1 aliphatic carbocycles. The van der Waals surface area contributed by atoms with Crippen LogP contribution in [0.2, 0.25) is 0 Å². The number of para-hydroxylation sites is 1. The molecule has 1 fully saturated rings. The number of aromatic nitrogens is 2. The van der Waals surface area contributed by atoms with E-state index < -0.39 is 0 Å². The minimum absolute atomic E-state index is 0.0502. The van der Waals surface area contributed by atoms with Crippen LogP contribution >= 0.6 is 0 Å². The van der Waals surface area contributed by atoms with Crippen LogP contribution in [-0.2, 0) is 0 Å². The molecule has 0 amide bonds. The number of methoxy groups -OCH3 is 2. The molecule has 0 atom stereocenters. The Morgan fingerprint density at radius 3 is 2.06 bits per heavy atom. The number of carbonyl (C=O) groups excluding carboxylic acids is 1. The number of nitrogens with zero attached hydrogens (tertiary/aromatic N) is 4. The van der Waals surface area contributed by atoms with Gasteiger partial charge in [-0.05, 0) is 30.3 Å². The monoisotopic (exact) mass is 478 g/mol. The highest BCUT2D eigenvalue weighted by molar-refractivity contribution is 6.23. The highest BCUT2D eigenvalue weighted by Gasteiger charge is 2.34. The number of fused-ring (bicyclic) bond motifs is 3. The Bertz CT molecular complexity index is 1450. The molecule has 36 heavy (non-hydrogen) atoms. The zero-order valence-electron chi connectivity index (χ0n) is 20.3. The molecule has 2 aliphatic rings. The number of hydrogen-bond acceptors (Lipinski definition) is 7. The van der Waals surface area contributed by atoms with Gasteiger partial charge in [0, 0.05) is 48.6 Å². The number of benzene rings is 3. The fraction of sp³-hybridized carbons (Fsp3) is 0.207. The molecule has 0 unspecified atom stereocenters. The second kappa shape index (κ2) is 9.00. The van der Waals surface area contributed by atoms with E-state index in [1.807, 2.05) is 48.5 Å². The predicted octanol–water partition coefficient (Wildman–Crippen LogP) is 4.70. The summed E-state index contributed by atoms with van der Waals surface area (Å²) >= 11 is 0. The van der Waals surface area contributed by atoms with Gasteiger partial charge in [-0.2, -0.15) is 0 Å². The third-order valence-corrected chi connectivity index (χ3v) is 6.89. The summed E-state index contributed by atoms with van der Waals surface area (Å²) in [6.45, 7) is 3.31. The summed E-state index contributed by atoms with van der Waals surface area (Å²) < 4.78 is 11.0. The average molecular weight is 479 g/mol. The maximum absolute atomic E-state index is 13.5. The van der Waals surface area contributed by atoms with Crippen LogP contribution in [0, 0.1) is 0 Å². The van der Waals surface area contributed by atoms with Crippen LogP contribution in [0.15, 0.2) is 72.8 Å². The fourth-order valence-corrected chi connectivity index (χ4v) is 5.02. The van der Waals surface area contributed by atoms with Gasteiger partial charge in [-0.3, -0.25) is 4.79 Å². The Hall–Kier alpha value is -4.39. The number of rotatable bonds is 5. The first-order valence-electron chi connectivity index (χ1n) is 12.0. The molecule has 1 aliphatic heterocycles. The smallest absolute Gasteiger partial charge is 0.226 e. The van der Waals surface area contributed by atoms with Crippen molar-refractivity contribution in [3.05, 3.63) is 83.9 Å². The maximum Gasteiger partial charge on any atom is 0.226 e. The minimum Gasteiger partial charge on any atom is -0.493 e.